The zero-order valence-corrected chi connectivity index (χ0v) is 15.6. The second-order valence-electron chi connectivity index (χ2n) is 5.81. The first kappa shape index (κ1) is 19.4. The number of β-lactam (4-membered cyclic amide) rings is 1. The molecule has 2 atom stereocenters. The van der Waals surface area contributed by atoms with Gasteiger partial charge in [-0.3, -0.25) is 14.5 Å². The first-order valence-corrected chi connectivity index (χ1v) is 9.12. The largest absolute Gasteiger partial charge is 0.477 e. The molecule has 0 radical (unpaired) electrons. The van der Waals surface area contributed by atoms with Gasteiger partial charge in [0.15, 0.2) is 5.71 Å². The second-order valence-corrected chi connectivity index (χ2v) is 6.92. The number of fused-ring (bicyclic) bond motifs is 1. The van der Waals surface area contributed by atoms with Crippen LogP contribution in [0.2, 0.25) is 0 Å². The third-order valence-electron chi connectivity index (χ3n) is 4.14. The van der Waals surface area contributed by atoms with E-state index in [1.54, 1.807) is 12.1 Å². The van der Waals surface area contributed by atoms with E-state index in [4.69, 9.17) is 10.6 Å². The number of carboxylic acids is 1. The molecule has 10 nitrogen and oxygen atoms in total. The van der Waals surface area contributed by atoms with E-state index in [1.165, 1.54) is 31.0 Å². The summed E-state index contributed by atoms with van der Waals surface area (Å²) >= 11 is 1.34. The fourth-order valence-electron chi connectivity index (χ4n) is 2.89. The highest BCUT2D eigenvalue weighted by Crippen LogP contribution is 2.40. The number of aromatic nitrogens is 1. The van der Waals surface area contributed by atoms with Gasteiger partial charge in [-0.25, -0.2) is 9.78 Å². The van der Waals surface area contributed by atoms with Crippen LogP contribution in [-0.4, -0.2) is 62.8 Å². The number of nitrogens with one attached hydrogen (secondary N) is 1. The highest BCUT2D eigenvalue weighted by molar-refractivity contribution is 8.00. The fraction of sp³-hybridized carbons (Fsp3) is 0.235. The van der Waals surface area contributed by atoms with E-state index < -0.39 is 29.2 Å². The minimum absolute atomic E-state index is 0.113. The molecule has 4 N–H and O–H groups in total. The molecule has 146 valence electrons. The average molecular weight is 403 g/mol. The number of nitrogens with zero attached hydrogens (tertiary/aromatic N) is 3. The van der Waals surface area contributed by atoms with Gasteiger partial charge in [0, 0.05) is 5.75 Å². The summed E-state index contributed by atoms with van der Waals surface area (Å²) in [5.74, 6) is -1.88. The Labute approximate surface area is 164 Å². The Morgan fingerprint density at radius 2 is 2.29 bits per heavy atom. The number of pyridine rings is 1. The standard InChI is InChI=1S/C17H17N5O5S/c1-3-8-7-28-16-12(15(24)22(16)13(8)17(25)26)20-14(23)11(21-27-2)9-5-4-6-10(18)19-9/h3-6,12,16H,1,7H2,2H3,(H2,18,19)(H,20,23)(H,25,26)/t12?,16-/m0/s1. The van der Waals surface area contributed by atoms with Crippen LogP contribution in [0, 0.1) is 0 Å². The van der Waals surface area contributed by atoms with E-state index in [0.717, 1.165) is 4.90 Å². The number of nitrogen functional groups attached to an aromatic ring is 1. The molecule has 0 saturated carbocycles. The molecule has 0 aromatic carbocycles. The zero-order valence-electron chi connectivity index (χ0n) is 14.8. The summed E-state index contributed by atoms with van der Waals surface area (Å²) < 4.78 is 0. The summed E-state index contributed by atoms with van der Waals surface area (Å²) in [6, 6.07) is 3.78. The molecule has 1 aromatic rings. The normalized spacial score (nSPS) is 21.5. The fourth-order valence-corrected chi connectivity index (χ4v) is 4.23. The predicted molar refractivity (Wildman–Crippen MR) is 102 cm³/mol. The number of amides is 2. The van der Waals surface area contributed by atoms with Gasteiger partial charge in [0.2, 0.25) is 0 Å². The van der Waals surface area contributed by atoms with E-state index in [-0.39, 0.29) is 22.9 Å². The lowest BCUT2D eigenvalue weighted by molar-refractivity contribution is -0.150. The molecule has 3 heterocycles. The first-order chi connectivity index (χ1) is 13.4. The molecule has 2 amide bonds. The molecule has 1 fully saturated rings. The summed E-state index contributed by atoms with van der Waals surface area (Å²) in [6.07, 6.45) is 1.42. The van der Waals surface area contributed by atoms with E-state index in [9.17, 15) is 19.5 Å². The van der Waals surface area contributed by atoms with Crippen molar-refractivity contribution in [2.45, 2.75) is 11.4 Å². The van der Waals surface area contributed by atoms with Gasteiger partial charge in [0.1, 0.15) is 35.7 Å². The maximum atomic E-state index is 12.7. The summed E-state index contributed by atoms with van der Waals surface area (Å²) in [5, 5.41) is 15.1. The number of hydrogen-bond donors (Lipinski definition) is 3. The maximum Gasteiger partial charge on any atom is 0.352 e. The highest BCUT2D eigenvalue weighted by atomic mass is 32.2. The van der Waals surface area contributed by atoms with Gasteiger partial charge in [0.05, 0.1) is 0 Å². The van der Waals surface area contributed by atoms with Crippen LogP contribution in [0.4, 0.5) is 5.82 Å². The van der Waals surface area contributed by atoms with Crippen LogP contribution in [0.15, 0.2) is 47.3 Å². The van der Waals surface area contributed by atoms with Crippen LogP contribution in [0.3, 0.4) is 0 Å². The number of thioether (sulfide) groups is 1. The summed E-state index contributed by atoms with van der Waals surface area (Å²) in [7, 11) is 1.27. The van der Waals surface area contributed by atoms with Gasteiger partial charge in [-0.2, -0.15) is 0 Å². The van der Waals surface area contributed by atoms with Crippen molar-refractivity contribution in [2.24, 2.45) is 5.16 Å². The molecule has 0 bridgehead atoms. The number of anilines is 1. The molecule has 1 saturated heterocycles. The second kappa shape index (κ2) is 7.72. The zero-order chi connectivity index (χ0) is 20.4. The number of carbonyl (C=O) groups excluding carboxylic acids is 2. The van der Waals surface area contributed by atoms with Gasteiger partial charge in [-0.1, -0.05) is 23.9 Å². The smallest absolute Gasteiger partial charge is 0.352 e. The molecule has 11 heteroatoms. The van der Waals surface area contributed by atoms with Crippen molar-refractivity contribution in [1.82, 2.24) is 15.2 Å². The number of carbonyl (C=O) groups is 3. The molecule has 3 rings (SSSR count). The van der Waals surface area contributed by atoms with Crippen molar-refractivity contribution in [3.8, 4) is 0 Å². The number of aliphatic carboxylic acids is 1. The molecule has 1 aromatic heterocycles. The Bertz CT molecular complexity index is 928. The van der Waals surface area contributed by atoms with Crippen LogP contribution in [0.1, 0.15) is 5.69 Å². The lowest BCUT2D eigenvalue weighted by Crippen LogP contribution is -2.71. The van der Waals surface area contributed by atoms with Crippen molar-refractivity contribution in [2.75, 3.05) is 18.6 Å². The van der Waals surface area contributed by atoms with Gasteiger partial charge in [0.25, 0.3) is 11.8 Å². The van der Waals surface area contributed by atoms with Crippen LogP contribution in [-0.2, 0) is 19.2 Å². The minimum Gasteiger partial charge on any atom is -0.477 e. The molecular formula is C17H17N5O5S. The number of nitrogens with two attached hydrogens (primary N) is 1. The Kier molecular flexibility index (Phi) is 5.36. The molecule has 0 aliphatic carbocycles. The third kappa shape index (κ3) is 3.31. The number of allylic oxidation sites excluding steroid dienone is 1. The van der Waals surface area contributed by atoms with Crippen LogP contribution < -0.4 is 11.1 Å². The molecule has 2 aliphatic rings. The SMILES string of the molecule is C=CC1=C(C(=O)O)N2C(=O)C(NC(=O)C(=NOC)c3cccc(N)n3)[C@@H]2SC1. The van der Waals surface area contributed by atoms with Crippen molar-refractivity contribution >= 4 is 41.1 Å². The summed E-state index contributed by atoms with van der Waals surface area (Å²) in [6.45, 7) is 3.59. The Morgan fingerprint density at radius 3 is 2.89 bits per heavy atom. The number of hydrogen-bond acceptors (Lipinski definition) is 8. The maximum absolute atomic E-state index is 12.7. The molecule has 2 aliphatic heterocycles. The Hall–Kier alpha value is -3.34. The molecule has 28 heavy (non-hydrogen) atoms. The van der Waals surface area contributed by atoms with Crippen molar-refractivity contribution in [1.29, 1.82) is 0 Å². The van der Waals surface area contributed by atoms with Crippen molar-refractivity contribution < 1.29 is 24.3 Å². The lowest BCUT2D eigenvalue weighted by atomic mass is 10.0. The number of carboxylic acid groups (broad SMARTS) is 1. The molecular weight excluding hydrogens is 386 g/mol. The van der Waals surface area contributed by atoms with Gasteiger partial charge in [-0.05, 0) is 17.7 Å². The summed E-state index contributed by atoms with van der Waals surface area (Å²) in [5.41, 5.74) is 6.01. The summed E-state index contributed by atoms with van der Waals surface area (Å²) in [4.78, 5) is 46.7. The Morgan fingerprint density at radius 1 is 1.54 bits per heavy atom. The van der Waals surface area contributed by atoms with Crippen LogP contribution in [0.5, 0.6) is 0 Å². The molecule has 1 unspecified atom stereocenters. The van der Waals surface area contributed by atoms with Crippen molar-refractivity contribution in [3.63, 3.8) is 0 Å². The van der Waals surface area contributed by atoms with Crippen LogP contribution in [0.25, 0.3) is 0 Å². The molecule has 0 spiro atoms. The monoisotopic (exact) mass is 403 g/mol. The topological polar surface area (TPSA) is 147 Å². The predicted octanol–water partition coefficient (Wildman–Crippen LogP) is -0.0611. The average Bonchev–Trinajstić information content (AvgIpc) is 2.68. The van der Waals surface area contributed by atoms with E-state index in [1.807, 2.05) is 0 Å². The first-order valence-electron chi connectivity index (χ1n) is 8.07. The highest BCUT2D eigenvalue weighted by Gasteiger charge is 2.54. The van der Waals surface area contributed by atoms with Crippen molar-refractivity contribution in [3.05, 3.63) is 47.8 Å². The number of rotatable bonds is 6. The van der Waals surface area contributed by atoms with E-state index in [0.29, 0.717) is 11.3 Å². The lowest BCUT2D eigenvalue weighted by Gasteiger charge is -2.49. The van der Waals surface area contributed by atoms with E-state index >= 15 is 0 Å². The quantitative estimate of drug-likeness (QED) is 0.340. The Balaban J connectivity index is 1.81. The number of oxime groups is 1. The minimum atomic E-state index is -1.22. The van der Waals surface area contributed by atoms with Gasteiger partial charge >= 0.3 is 5.97 Å². The van der Waals surface area contributed by atoms with Gasteiger partial charge in [-0.15, -0.1) is 11.8 Å². The van der Waals surface area contributed by atoms with E-state index in [2.05, 4.69) is 22.0 Å². The van der Waals surface area contributed by atoms with Gasteiger partial charge < -0.3 is 21.0 Å². The third-order valence-corrected chi connectivity index (χ3v) is 5.45. The van der Waals surface area contributed by atoms with Crippen LogP contribution >= 0.6 is 11.8 Å².